The fourth-order valence-electron chi connectivity index (χ4n) is 1.70. The van der Waals surface area contributed by atoms with Crippen molar-refractivity contribution in [2.24, 2.45) is 5.73 Å². The number of aryl methyl sites for hydroxylation is 1. The summed E-state index contributed by atoms with van der Waals surface area (Å²) in [7, 11) is 0. The molecule has 2 N–H and O–H groups in total. The number of halogens is 1. The molecule has 0 aliphatic rings. The first kappa shape index (κ1) is 12.7. The highest BCUT2D eigenvalue weighted by Gasteiger charge is 2.15. The molecule has 1 aromatic carbocycles. The Morgan fingerprint density at radius 1 is 1.53 bits per heavy atom. The van der Waals surface area contributed by atoms with Crippen LogP contribution in [-0.2, 0) is 0 Å². The molecule has 0 radical (unpaired) electrons. The van der Waals surface area contributed by atoms with Gasteiger partial charge in [0.15, 0.2) is 5.58 Å². The van der Waals surface area contributed by atoms with E-state index in [1.54, 1.807) is 17.8 Å². The molecule has 1 heterocycles. The van der Waals surface area contributed by atoms with Gasteiger partial charge in [0.1, 0.15) is 5.52 Å². The van der Waals surface area contributed by atoms with Crippen LogP contribution in [-0.4, -0.2) is 17.0 Å². The van der Waals surface area contributed by atoms with Crippen LogP contribution in [0, 0.1) is 6.92 Å². The summed E-state index contributed by atoms with van der Waals surface area (Å²) in [5.74, 6) is 1.60. The summed E-state index contributed by atoms with van der Waals surface area (Å²) in [6.45, 7) is 1.95. The number of aromatic nitrogens is 1. The van der Waals surface area contributed by atoms with Crippen LogP contribution in [0.3, 0.4) is 0 Å². The molecule has 3 nitrogen and oxygen atoms in total. The summed E-state index contributed by atoms with van der Waals surface area (Å²) in [6, 6.07) is 3.53. The maximum atomic E-state index is 6.03. The van der Waals surface area contributed by atoms with E-state index in [1.165, 1.54) is 0 Å². The van der Waals surface area contributed by atoms with Crippen LogP contribution in [0.4, 0.5) is 0 Å². The van der Waals surface area contributed by atoms with Crippen molar-refractivity contribution in [3.8, 4) is 0 Å². The first-order valence-corrected chi connectivity index (χ1v) is 7.20. The monoisotopic (exact) mass is 270 g/mol. The molecular weight excluding hydrogens is 256 g/mol. The average molecular weight is 271 g/mol. The van der Waals surface area contributed by atoms with Gasteiger partial charge < -0.3 is 10.2 Å². The van der Waals surface area contributed by atoms with E-state index in [0.29, 0.717) is 10.9 Å². The third kappa shape index (κ3) is 2.76. The zero-order valence-corrected chi connectivity index (χ0v) is 11.4. The maximum absolute atomic E-state index is 6.03. The Morgan fingerprint density at radius 2 is 2.29 bits per heavy atom. The summed E-state index contributed by atoms with van der Waals surface area (Å²) in [5.41, 5.74) is 8.58. The number of oxazole rings is 1. The van der Waals surface area contributed by atoms with Gasteiger partial charge >= 0.3 is 0 Å². The Hall–Kier alpha value is -0.710. The van der Waals surface area contributed by atoms with Gasteiger partial charge in [-0.15, -0.1) is 0 Å². The molecule has 0 saturated carbocycles. The Kier molecular flexibility index (Phi) is 3.97. The van der Waals surface area contributed by atoms with E-state index in [4.69, 9.17) is 21.8 Å². The molecule has 2 aromatic rings. The predicted molar refractivity (Wildman–Crippen MR) is 73.7 cm³/mol. The van der Waals surface area contributed by atoms with Crippen LogP contribution in [0.2, 0.25) is 5.02 Å². The lowest BCUT2D eigenvalue weighted by molar-refractivity contribution is 0.469. The summed E-state index contributed by atoms with van der Waals surface area (Å²) in [6.07, 6.45) is 2.92. The molecule has 2 rings (SSSR count). The number of hydrogen-bond acceptors (Lipinski definition) is 4. The van der Waals surface area contributed by atoms with Gasteiger partial charge in [0, 0.05) is 5.02 Å². The van der Waals surface area contributed by atoms with Crippen LogP contribution >= 0.6 is 23.4 Å². The van der Waals surface area contributed by atoms with Crippen LogP contribution in [0.5, 0.6) is 0 Å². The Morgan fingerprint density at radius 3 is 3.00 bits per heavy atom. The number of hydrogen-bond donors (Lipinski definition) is 1. The average Bonchev–Trinajstić information content (AvgIpc) is 2.69. The van der Waals surface area contributed by atoms with Crippen LogP contribution in [0.15, 0.2) is 16.5 Å². The van der Waals surface area contributed by atoms with Crippen molar-refractivity contribution in [2.45, 2.75) is 19.4 Å². The summed E-state index contributed by atoms with van der Waals surface area (Å²) < 4.78 is 5.71. The Bertz CT molecular complexity index is 526. The standard InChI is InChI=1S/C12H15ClN2OS/c1-7-5-8(13)6-10-11(7)16-12(15-10)9(14)3-4-17-2/h5-6,9H,3-4,14H2,1-2H3. The van der Waals surface area contributed by atoms with Crippen LogP contribution in [0.1, 0.15) is 23.9 Å². The van der Waals surface area contributed by atoms with E-state index in [9.17, 15) is 0 Å². The second-order valence-corrected chi connectivity index (χ2v) is 5.43. The van der Waals surface area contributed by atoms with Gasteiger partial charge in [0.25, 0.3) is 0 Å². The third-order valence-corrected chi connectivity index (χ3v) is 3.47. The number of rotatable bonds is 4. The van der Waals surface area contributed by atoms with Gasteiger partial charge in [-0.25, -0.2) is 4.98 Å². The normalized spacial score (nSPS) is 13.2. The highest BCUT2D eigenvalue weighted by atomic mass is 35.5. The van der Waals surface area contributed by atoms with E-state index < -0.39 is 0 Å². The minimum absolute atomic E-state index is 0.145. The zero-order chi connectivity index (χ0) is 12.4. The van der Waals surface area contributed by atoms with Gasteiger partial charge in [-0.2, -0.15) is 11.8 Å². The molecule has 17 heavy (non-hydrogen) atoms. The number of benzene rings is 1. The van der Waals surface area contributed by atoms with Crippen molar-refractivity contribution >= 4 is 34.5 Å². The minimum atomic E-state index is -0.145. The van der Waals surface area contributed by atoms with Crippen molar-refractivity contribution in [3.63, 3.8) is 0 Å². The second-order valence-electron chi connectivity index (χ2n) is 4.01. The van der Waals surface area contributed by atoms with Crippen molar-refractivity contribution in [3.05, 3.63) is 28.6 Å². The van der Waals surface area contributed by atoms with Crippen LogP contribution in [0.25, 0.3) is 11.1 Å². The maximum Gasteiger partial charge on any atom is 0.212 e. The third-order valence-electron chi connectivity index (χ3n) is 2.61. The molecular formula is C12H15ClN2OS. The smallest absolute Gasteiger partial charge is 0.212 e. The minimum Gasteiger partial charge on any atom is -0.439 e. The first-order valence-electron chi connectivity index (χ1n) is 5.43. The van der Waals surface area contributed by atoms with E-state index in [-0.39, 0.29) is 6.04 Å². The second kappa shape index (κ2) is 5.29. The molecule has 0 spiro atoms. The lowest BCUT2D eigenvalue weighted by Crippen LogP contribution is -2.11. The molecule has 0 bridgehead atoms. The van der Waals surface area contributed by atoms with Crippen molar-refractivity contribution in [2.75, 3.05) is 12.0 Å². The molecule has 1 aromatic heterocycles. The van der Waals surface area contributed by atoms with Gasteiger partial charge in [-0.3, -0.25) is 0 Å². The molecule has 5 heteroatoms. The topological polar surface area (TPSA) is 52.0 Å². The number of fused-ring (bicyclic) bond motifs is 1. The van der Waals surface area contributed by atoms with Gasteiger partial charge in [-0.1, -0.05) is 11.6 Å². The van der Waals surface area contributed by atoms with E-state index >= 15 is 0 Å². The number of thioether (sulfide) groups is 1. The largest absolute Gasteiger partial charge is 0.439 e. The summed E-state index contributed by atoms with van der Waals surface area (Å²) >= 11 is 7.75. The molecule has 0 fully saturated rings. The highest BCUT2D eigenvalue weighted by Crippen LogP contribution is 2.27. The van der Waals surface area contributed by atoms with E-state index in [2.05, 4.69) is 11.2 Å². The molecule has 0 saturated heterocycles. The molecule has 1 atom stereocenters. The molecule has 0 aliphatic carbocycles. The molecule has 0 aliphatic heterocycles. The molecule has 1 unspecified atom stereocenters. The fraction of sp³-hybridized carbons (Fsp3) is 0.417. The Balaban J connectivity index is 2.34. The van der Waals surface area contributed by atoms with Gasteiger partial charge in [0.05, 0.1) is 6.04 Å². The van der Waals surface area contributed by atoms with Crippen molar-refractivity contribution in [1.82, 2.24) is 4.98 Å². The first-order chi connectivity index (χ1) is 8.11. The molecule has 92 valence electrons. The number of nitrogens with two attached hydrogens (primary N) is 1. The summed E-state index contributed by atoms with van der Waals surface area (Å²) in [4.78, 5) is 4.40. The van der Waals surface area contributed by atoms with Crippen molar-refractivity contribution < 1.29 is 4.42 Å². The highest BCUT2D eigenvalue weighted by molar-refractivity contribution is 7.98. The SMILES string of the molecule is CSCCC(N)c1nc2cc(Cl)cc(C)c2o1. The quantitative estimate of drug-likeness (QED) is 0.923. The molecule has 0 amide bonds. The Labute approximate surface area is 110 Å². The van der Waals surface area contributed by atoms with Gasteiger partial charge in [-0.05, 0) is 43.0 Å². The number of nitrogens with zero attached hydrogens (tertiary/aromatic N) is 1. The van der Waals surface area contributed by atoms with Crippen LogP contribution < -0.4 is 5.73 Å². The lowest BCUT2D eigenvalue weighted by atomic mass is 10.2. The van der Waals surface area contributed by atoms with Gasteiger partial charge in [0.2, 0.25) is 5.89 Å². The predicted octanol–water partition coefficient (Wildman–Crippen LogP) is 3.54. The van der Waals surface area contributed by atoms with Crippen molar-refractivity contribution in [1.29, 1.82) is 0 Å². The van der Waals surface area contributed by atoms with E-state index in [0.717, 1.165) is 28.8 Å². The lowest BCUT2D eigenvalue weighted by Gasteiger charge is -2.04. The van der Waals surface area contributed by atoms with E-state index in [1.807, 2.05) is 13.0 Å². The summed E-state index contributed by atoms with van der Waals surface area (Å²) in [5, 5.41) is 0.674. The zero-order valence-electron chi connectivity index (χ0n) is 9.87. The fourth-order valence-corrected chi connectivity index (χ4v) is 2.46.